The number of nitrogens with zero attached hydrogens (tertiary/aromatic N) is 1. The first-order valence-corrected chi connectivity index (χ1v) is 6.58. The number of halogens is 1. The molecule has 2 rings (SSSR count). The van der Waals surface area contributed by atoms with Gasteiger partial charge in [-0.3, -0.25) is 4.98 Å². The van der Waals surface area contributed by atoms with Crippen molar-refractivity contribution in [2.75, 3.05) is 19.5 Å². The van der Waals surface area contributed by atoms with E-state index in [1.807, 2.05) is 30.3 Å². The number of methoxy groups -OCH3 is 2. The van der Waals surface area contributed by atoms with Crippen molar-refractivity contribution in [3.8, 4) is 11.5 Å². The molecule has 19 heavy (non-hydrogen) atoms. The first-order chi connectivity index (χ1) is 9.22. The number of ether oxygens (including phenoxy) is 2. The van der Waals surface area contributed by atoms with E-state index in [2.05, 4.69) is 26.2 Å². The minimum atomic E-state index is 0.656. The Labute approximate surface area is 120 Å². The quantitative estimate of drug-likeness (QED) is 0.915. The SMILES string of the molecule is COc1ccc(NCc2ccc(Br)cn2)cc1OC. The molecule has 0 saturated carbocycles. The average molecular weight is 323 g/mol. The number of anilines is 1. The van der Waals surface area contributed by atoms with Crippen molar-refractivity contribution in [2.24, 2.45) is 0 Å². The van der Waals surface area contributed by atoms with Gasteiger partial charge in [-0.15, -0.1) is 0 Å². The van der Waals surface area contributed by atoms with Crippen LogP contribution in [0, 0.1) is 0 Å². The molecule has 0 unspecified atom stereocenters. The molecular formula is C14H15BrN2O2. The van der Waals surface area contributed by atoms with Crippen molar-refractivity contribution in [1.82, 2.24) is 4.98 Å². The number of nitrogens with one attached hydrogen (secondary N) is 1. The Morgan fingerprint density at radius 1 is 1.11 bits per heavy atom. The average Bonchev–Trinajstić information content (AvgIpc) is 2.46. The largest absolute Gasteiger partial charge is 0.493 e. The molecule has 100 valence electrons. The van der Waals surface area contributed by atoms with Crippen molar-refractivity contribution in [2.45, 2.75) is 6.54 Å². The van der Waals surface area contributed by atoms with Crippen LogP contribution in [0.3, 0.4) is 0 Å². The highest BCUT2D eigenvalue weighted by Gasteiger charge is 2.04. The van der Waals surface area contributed by atoms with Crippen molar-refractivity contribution in [3.63, 3.8) is 0 Å². The maximum atomic E-state index is 5.26. The van der Waals surface area contributed by atoms with Crippen molar-refractivity contribution in [3.05, 3.63) is 46.7 Å². The van der Waals surface area contributed by atoms with Crippen LogP contribution in [-0.4, -0.2) is 19.2 Å². The number of benzene rings is 1. The zero-order chi connectivity index (χ0) is 13.7. The van der Waals surface area contributed by atoms with Crippen LogP contribution in [-0.2, 0) is 6.54 Å². The highest BCUT2D eigenvalue weighted by Crippen LogP contribution is 2.29. The first-order valence-electron chi connectivity index (χ1n) is 5.79. The number of pyridine rings is 1. The summed E-state index contributed by atoms with van der Waals surface area (Å²) in [7, 11) is 3.24. The van der Waals surface area contributed by atoms with E-state index in [1.165, 1.54) is 0 Å². The van der Waals surface area contributed by atoms with Gasteiger partial charge < -0.3 is 14.8 Å². The molecule has 0 aliphatic heterocycles. The smallest absolute Gasteiger partial charge is 0.162 e. The lowest BCUT2D eigenvalue weighted by atomic mass is 10.2. The fourth-order valence-electron chi connectivity index (χ4n) is 1.65. The maximum absolute atomic E-state index is 5.26. The molecule has 0 bridgehead atoms. The third-order valence-electron chi connectivity index (χ3n) is 2.65. The summed E-state index contributed by atoms with van der Waals surface area (Å²) >= 11 is 3.36. The van der Waals surface area contributed by atoms with Gasteiger partial charge in [-0.2, -0.15) is 0 Å². The highest BCUT2D eigenvalue weighted by molar-refractivity contribution is 9.10. The van der Waals surface area contributed by atoms with Gasteiger partial charge in [-0.25, -0.2) is 0 Å². The molecule has 1 aromatic carbocycles. The molecule has 1 N–H and O–H groups in total. The Morgan fingerprint density at radius 3 is 2.53 bits per heavy atom. The van der Waals surface area contributed by atoms with Crippen LogP contribution in [0.5, 0.6) is 11.5 Å². The van der Waals surface area contributed by atoms with Crippen molar-refractivity contribution in [1.29, 1.82) is 0 Å². The Kier molecular flexibility index (Phi) is 4.63. The van der Waals surface area contributed by atoms with Gasteiger partial charge in [0.25, 0.3) is 0 Å². The second-order valence-corrected chi connectivity index (χ2v) is 4.81. The molecule has 0 fully saturated rings. The van der Waals surface area contributed by atoms with E-state index < -0.39 is 0 Å². The number of aromatic nitrogens is 1. The third kappa shape index (κ3) is 3.61. The van der Waals surface area contributed by atoms with Crippen molar-refractivity contribution >= 4 is 21.6 Å². The second kappa shape index (κ2) is 6.43. The van der Waals surface area contributed by atoms with Crippen LogP contribution in [0.15, 0.2) is 41.0 Å². The second-order valence-electron chi connectivity index (χ2n) is 3.89. The lowest BCUT2D eigenvalue weighted by Crippen LogP contribution is -2.01. The van der Waals surface area contributed by atoms with E-state index >= 15 is 0 Å². The summed E-state index contributed by atoms with van der Waals surface area (Å²) in [4.78, 5) is 4.30. The first kappa shape index (κ1) is 13.7. The van der Waals surface area contributed by atoms with E-state index in [1.54, 1.807) is 20.4 Å². The molecule has 0 radical (unpaired) electrons. The molecule has 5 heteroatoms. The molecule has 0 aliphatic rings. The molecule has 0 amide bonds. The molecule has 0 atom stereocenters. The van der Waals surface area contributed by atoms with E-state index in [-0.39, 0.29) is 0 Å². The number of rotatable bonds is 5. The summed E-state index contributed by atoms with van der Waals surface area (Å²) < 4.78 is 11.4. The summed E-state index contributed by atoms with van der Waals surface area (Å²) in [6.07, 6.45) is 1.78. The van der Waals surface area contributed by atoms with Crippen LogP contribution in [0.4, 0.5) is 5.69 Å². The van der Waals surface area contributed by atoms with Crippen molar-refractivity contribution < 1.29 is 9.47 Å². The van der Waals surface area contributed by atoms with Gasteiger partial charge in [-0.1, -0.05) is 0 Å². The van der Waals surface area contributed by atoms with E-state index in [0.717, 1.165) is 21.6 Å². The summed E-state index contributed by atoms with van der Waals surface area (Å²) in [6, 6.07) is 9.66. The van der Waals surface area contributed by atoms with Gasteiger partial charge >= 0.3 is 0 Å². The van der Waals surface area contributed by atoms with Gasteiger partial charge in [0, 0.05) is 22.4 Å². The Balaban J connectivity index is 2.05. The van der Waals surface area contributed by atoms with E-state index in [9.17, 15) is 0 Å². The number of hydrogen-bond acceptors (Lipinski definition) is 4. The van der Waals surface area contributed by atoms with Gasteiger partial charge in [0.2, 0.25) is 0 Å². The lowest BCUT2D eigenvalue weighted by Gasteiger charge is -2.11. The summed E-state index contributed by atoms with van der Waals surface area (Å²) in [5.74, 6) is 1.42. The Morgan fingerprint density at radius 2 is 1.89 bits per heavy atom. The Bertz CT molecular complexity index is 544. The highest BCUT2D eigenvalue weighted by atomic mass is 79.9. The number of hydrogen-bond donors (Lipinski definition) is 1. The minimum Gasteiger partial charge on any atom is -0.493 e. The fraction of sp³-hybridized carbons (Fsp3) is 0.214. The maximum Gasteiger partial charge on any atom is 0.162 e. The van der Waals surface area contributed by atoms with E-state index in [0.29, 0.717) is 12.3 Å². The fourth-order valence-corrected chi connectivity index (χ4v) is 1.88. The predicted octanol–water partition coefficient (Wildman–Crippen LogP) is 3.47. The van der Waals surface area contributed by atoms with Gasteiger partial charge in [0.05, 0.1) is 26.5 Å². The summed E-state index contributed by atoms with van der Waals surface area (Å²) in [5, 5.41) is 3.29. The molecule has 1 aromatic heterocycles. The molecule has 0 aliphatic carbocycles. The van der Waals surface area contributed by atoms with Gasteiger partial charge in [0.15, 0.2) is 11.5 Å². The normalized spacial score (nSPS) is 10.1. The van der Waals surface area contributed by atoms with Crippen LogP contribution < -0.4 is 14.8 Å². The zero-order valence-corrected chi connectivity index (χ0v) is 12.4. The monoisotopic (exact) mass is 322 g/mol. The third-order valence-corrected chi connectivity index (χ3v) is 3.11. The van der Waals surface area contributed by atoms with Crippen LogP contribution in [0.1, 0.15) is 5.69 Å². The zero-order valence-electron chi connectivity index (χ0n) is 10.8. The predicted molar refractivity (Wildman–Crippen MR) is 78.8 cm³/mol. The topological polar surface area (TPSA) is 43.4 Å². The van der Waals surface area contributed by atoms with Crippen LogP contribution >= 0.6 is 15.9 Å². The van der Waals surface area contributed by atoms with Crippen LogP contribution in [0.25, 0.3) is 0 Å². The molecule has 0 spiro atoms. The summed E-state index contributed by atoms with van der Waals surface area (Å²) in [6.45, 7) is 0.656. The lowest BCUT2D eigenvalue weighted by molar-refractivity contribution is 0.355. The molecule has 1 heterocycles. The molecular weight excluding hydrogens is 308 g/mol. The molecule has 0 saturated heterocycles. The van der Waals surface area contributed by atoms with Crippen LogP contribution in [0.2, 0.25) is 0 Å². The minimum absolute atomic E-state index is 0.656. The van der Waals surface area contributed by atoms with E-state index in [4.69, 9.17) is 9.47 Å². The standard InChI is InChI=1S/C14H15BrN2O2/c1-18-13-6-5-11(7-14(13)19-2)17-9-12-4-3-10(15)8-16-12/h3-8,17H,9H2,1-2H3. The Hall–Kier alpha value is -1.75. The molecule has 2 aromatic rings. The molecule has 4 nitrogen and oxygen atoms in total. The summed E-state index contributed by atoms with van der Waals surface area (Å²) in [5.41, 5.74) is 1.93. The van der Waals surface area contributed by atoms with Gasteiger partial charge in [-0.05, 0) is 40.2 Å². The van der Waals surface area contributed by atoms with Gasteiger partial charge in [0.1, 0.15) is 0 Å².